The number of rotatable bonds is 4. The molecule has 150 valence electrons. The minimum absolute atomic E-state index is 0.102. The van der Waals surface area contributed by atoms with Gasteiger partial charge in [-0.25, -0.2) is 0 Å². The van der Waals surface area contributed by atoms with Crippen LogP contribution in [0.2, 0.25) is 0 Å². The standard InChI is InChI=1S/C28H26O2/c1-19-16-26(29)27(21-10-6-3-7-11-21)28-24(19)14-12-22-17-23(13-15-25(22)28)30-18-20-8-4-2-5-9-20/h2-11,13,15-17,24,27-28H,12,14,18H2,1H3/t24-,27?,28-/m1/s1. The highest BCUT2D eigenvalue weighted by atomic mass is 16.5. The van der Waals surface area contributed by atoms with Crippen LogP contribution in [0.1, 0.15) is 47.4 Å². The van der Waals surface area contributed by atoms with E-state index in [2.05, 4.69) is 49.4 Å². The van der Waals surface area contributed by atoms with E-state index in [0.717, 1.165) is 29.7 Å². The van der Waals surface area contributed by atoms with Crippen LogP contribution in [0.25, 0.3) is 0 Å². The summed E-state index contributed by atoms with van der Waals surface area (Å²) in [7, 11) is 0. The van der Waals surface area contributed by atoms with Crippen LogP contribution in [-0.2, 0) is 17.8 Å². The average molecular weight is 395 g/mol. The van der Waals surface area contributed by atoms with Crippen molar-refractivity contribution < 1.29 is 9.53 Å². The lowest BCUT2D eigenvalue weighted by Gasteiger charge is -2.41. The third kappa shape index (κ3) is 3.47. The van der Waals surface area contributed by atoms with Crippen LogP contribution in [0.15, 0.2) is 90.5 Å². The summed E-state index contributed by atoms with van der Waals surface area (Å²) in [5.74, 6) is 1.67. The van der Waals surface area contributed by atoms with Gasteiger partial charge in [0.2, 0.25) is 0 Å². The van der Waals surface area contributed by atoms with Gasteiger partial charge in [-0.1, -0.05) is 72.3 Å². The topological polar surface area (TPSA) is 26.3 Å². The van der Waals surface area contributed by atoms with E-state index in [1.807, 2.05) is 42.5 Å². The Labute approximate surface area is 178 Å². The first-order chi connectivity index (χ1) is 14.7. The van der Waals surface area contributed by atoms with E-state index < -0.39 is 0 Å². The molecular formula is C28H26O2. The number of carbonyl (C=O) groups excluding carboxylic acids is 1. The van der Waals surface area contributed by atoms with Gasteiger partial charge in [0.05, 0.1) is 5.92 Å². The number of fused-ring (bicyclic) bond motifs is 3. The van der Waals surface area contributed by atoms with Crippen LogP contribution < -0.4 is 4.74 Å². The smallest absolute Gasteiger partial charge is 0.163 e. The second kappa shape index (κ2) is 7.95. The molecule has 0 N–H and O–H groups in total. The molecule has 2 aliphatic rings. The van der Waals surface area contributed by atoms with Gasteiger partial charge in [0.15, 0.2) is 5.78 Å². The number of hydrogen-bond donors (Lipinski definition) is 0. The Morgan fingerprint density at radius 3 is 2.43 bits per heavy atom. The molecular weight excluding hydrogens is 368 g/mol. The number of carbonyl (C=O) groups is 1. The lowest BCUT2D eigenvalue weighted by Crippen LogP contribution is -2.34. The molecule has 1 unspecified atom stereocenters. The zero-order valence-electron chi connectivity index (χ0n) is 17.3. The molecule has 3 aromatic rings. The fourth-order valence-electron chi connectivity index (χ4n) is 5.21. The zero-order chi connectivity index (χ0) is 20.5. The predicted octanol–water partition coefficient (Wildman–Crippen LogP) is 6.22. The van der Waals surface area contributed by atoms with E-state index in [1.54, 1.807) is 0 Å². The summed E-state index contributed by atoms with van der Waals surface area (Å²) in [6.07, 6.45) is 4.00. The van der Waals surface area contributed by atoms with Crippen molar-refractivity contribution >= 4 is 5.78 Å². The average Bonchev–Trinajstić information content (AvgIpc) is 2.78. The summed E-state index contributed by atoms with van der Waals surface area (Å²) in [6.45, 7) is 2.69. The van der Waals surface area contributed by atoms with Crippen molar-refractivity contribution in [2.75, 3.05) is 0 Å². The normalized spacial score (nSPS) is 22.6. The molecule has 3 atom stereocenters. The molecule has 30 heavy (non-hydrogen) atoms. The third-order valence-electron chi connectivity index (χ3n) is 6.66. The third-order valence-corrected chi connectivity index (χ3v) is 6.66. The van der Waals surface area contributed by atoms with Crippen LogP contribution in [0.4, 0.5) is 0 Å². The van der Waals surface area contributed by atoms with E-state index in [4.69, 9.17) is 4.74 Å². The van der Waals surface area contributed by atoms with Crippen LogP contribution in [0, 0.1) is 5.92 Å². The monoisotopic (exact) mass is 394 g/mol. The van der Waals surface area contributed by atoms with E-state index in [9.17, 15) is 4.79 Å². The first kappa shape index (κ1) is 18.9. The van der Waals surface area contributed by atoms with Gasteiger partial charge >= 0.3 is 0 Å². The molecule has 2 aliphatic carbocycles. The molecule has 0 saturated carbocycles. The van der Waals surface area contributed by atoms with Gasteiger partial charge in [-0.05, 0) is 66.1 Å². The van der Waals surface area contributed by atoms with Crippen molar-refractivity contribution in [2.45, 2.75) is 38.2 Å². The van der Waals surface area contributed by atoms with Gasteiger partial charge in [-0.3, -0.25) is 4.79 Å². The molecule has 0 spiro atoms. The Bertz CT molecular complexity index is 1080. The quantitative estimate of drug-likeness (QED) is 0.525. The summed E-state index contributed by atoms with van der Waals surface area (Å²) in [4.78, 5) is 13.1. The first-order valence-corrected chi connectivity index (χ1v) is 10.8. The molecule has 0 aliphatic heterocycles. The molecule has 0 bridgehead atoms. The van der Waals surface area contributed by atoms with Crippen molar-refractivity contribution in [2.24, 2.45) is 5.92 Å². The summed E-state index contributed by atoms with van der Waals surface area (Å²) >= 11 is 0. The largest absolute Gasteiger partial charge is 0.489 e. The van der Waals surface area contributed by atoms with E-state index >= 15 is 0 Å². The molecule has 0 radical (unpaired) electrons. The lowest BCUT2D eigenvalue weighted by molar-refractivity contribution is -0.117. The Kier molecular flexibility index (Phi) is 5.00. The maximum absolute atomic E-state index is 13.1. The van der Waals surface area contributed by atoms with Crippen molar-refractivity contribution in [3.05, 3.63) is 113 Å². The molecule has 0 fully saturated rings. The van der Waals surface area contributed by atoms with Crippen LogP contribution >= 0.6 is 0 Å². The van der Waals surface area contributed by atoms with Crippen molar-refractivity contribution in [1.29, 1.82) is 0 Å². The van der Waals surface area contributed by atoms with Crippen molar-refractivity contribution in [3.8, 4) is 5.75 Å². The van der Waals surface area contributed by atoms with Crippen LogP contribution in [0.5, 0.6) is 5.75 Å². The number of allylic oxidation sites excluding steroid dienone is 2. The highest BCUT2D eigenvalue weighted by Gasteiger charge is 2.42. The zero-order valence-corrected chi connectivity index (χ0v) is 17.3. The number of ether oxygens (including phenoxy) is 1. The van der Waals surface area contributed by atoms with Gasteiger partial charge in [-0.15, -0.1) is 0 Å². The minimum atomic E-state index is -0.102. The molecule has 0 heterocycles. The molecule has 2 heteroatoms. The van der Waals surface area contributed by atoms with E-state index in [1.165, 1.54) is 16.7 Å². The molecule has 5 rings (SSSR count). The summed E-state index contributed by atoms with van der Waals surface area (Å²) < 4.78 is 6.07. The van der Waals surface area contributed by atoms with Gasteiger partial charge in [0.25, 0.3) is 0 Å². The maximum atomic E-state index is 13.1. The van der Waals surface area contributed by atoms with Crippen molar-refractivity contribution in [3.63, 3.8) is 0 Å². The number of benzene rings is 3. The highest BCUT2D eigenvalue weighted by molar-refractivity contribution is 5.98. The summed E-state index contributed by atoms with van der Waals surface area (Å²) in [5.41, 5.74) is 6.15. The Morgan fingerprint density at radius 2 is 1.67 bits per heavy atom. The number of aryl methyl sites for hydroxylation is 1. The van der Waals surface area contributed by atoms with Gasteiger partial charge < -0.3 is 4.74 Å². The number of hydrogen-bond acceptors (Lipinski definition) is 2. The first-order valence-electron chi connectivity index (χ1n) is 10.8. The van der Waals surface area contributed by atoms with E-state index in [-0.39, 0.29) is 17.6 Å². The summed E-state index contributed by atoms with van der Waals surface area (Å²) in [6, 6.07) is 27.0. The Morgan fingerprint density at radius 1 is 0.933 bits per heavy atom. The SMILES string of the molecule is CC1=CC(=O)C(c2ccccc2)[C@H]2c3ccc(OCc4ccccc4)cc3CC[C@H]12. The second-order valence-electron chi connectivity index (χ2n) is 8.48. The highest BCUT2D eigenvalue weighted by Crippen LogP contribution is 2.51. The van der Waals surface area contributed by atoms with Gasteiger partial charge in [0.1, 0.15) is 12.4 Å². The lowest BCUT2D eigenvalue weighted by atomic mass is 9.61. The van der Waals surface area contributed by atoms with Crippen LogP contribution in [0.3, 0.4) is 0 Å². The Balaban J connectivity index is 1.47. The number of ketones is 1. The predicted molar refractivity (Wildman–Crippen MR) is 120 cm³/mol. The van der Waals surface area contributed by atoms with Crippen LogP contribution in [-0.4, -0.2) is 5.78 Å². The molecule has 3 aromatic carbocycles. The van der Waals surface area contributed by atoms with Gasteiger partial charge in [-0.2, -0.15) is 0 Å². The van der Waals surface area contributed by atoms with Gasteiger partial charge in [0, 0.05) is 5.92 Å². The van der Waals surface area contributed by atoms with E-state index in [0.29, 0.717) is 12.5 Å². The fourth-order valence-corrected chi connectivity index (χ4v) is 5.21. The molecule has 0 aromatic heterocycles. The molecule has 2 nitrogen and oxygen atoms in total. The second-order valence-corrected chi connectivity index (χ2v) is 8.48. The minimum Gasteiger partial charge on any atom is -0.489 e. The fraction of sp³-hybridized carbons (Fsp3) is 0.250. The van der Waals surface area contributed by atoms with Crippen molar-refractivity contribution in [1.82, 2.24) is 0 Å². The summed E-state index contributed by atoms with van der Waals surface area (Å²) in [5, 5.41) is 0. The molecule has 0 amide bonds. The molecule has 0 saturated heterocycles. The Hall–Kier alpha value is -3.13. The maximum Gasteiger partial charge on any atom is 0.163 e.